The summed E-state index contributed by atoms with van der Waals surface area (Å²) in [5.74, 6) is 0. The Bertz CT molecular complexity index is 907. The molecule has 0 bridgehead atoms. The number of fused-ring (bicyclic) bond motifs is 1. The Morgan fingerprint density at radius 3 is 2.73 bits per heavy atom. The van der Waals surface area contributed by atoms with Crippen molar-refractivity contribution >= 4 is 32.3 Å². The van der Waals surface area contributed by atoms with Crippen molar-refractivity contribution in [3.8, 4) is 0 Å². The average molecular weight is 335 g/mol. The van der Waals surface area contributed by atoms with E-state index in [2.05, 4.69) is 4.72 Å². The minimum absolute atomic E-state index is 0.271. The molecule has 4 nitrogen and oxygen atoms in total. The summed E-state index contributed by atoms with van der Waals surface area (Å²) in [5, 5.41) is 2.85. The van der Waals surface area contributed by atoms with Crippen LogP contribution < -0.4 is 4.72 Å². The number of thiophene rings is 1. The standard InChI is InChI=1S/C16H17NO3S2/c1-11-6-8-21-16(11)5-7-17-22(18,19)13-3-4-15-14(9-13)12(2)10-20-15/h3-4,6,8-10,17H,5,7H2,1-2H3. The van der Waals surface area contributed by atoms with E-state index in [9.17, 15) is 8.42 Å². The molecule has 0 atom stereocenters. The first-order valence-corrected chi connectivity index (χ1v) is 9.34. The van der Waals surface area contributed by atoms with Gasteiger partial charge in [-0.1, -0.05) is 0 Å². The molecule has 2 aromatic heterocycles. The molecule has 6 heteroatoms. The minimum atomic E-state index is -3.50. The fourth-order valence-corrected chi connectivity index (χ4v) is 4.31. The summed E-state index contributed by atoms with van der Waals surface area (Å²) in [5.41, 5.74) is 2.84. The van der Waals surface area contributed by atoms with Gasteiger partial charge in [0, 0.05) is 16.8 Å². The number of benzene rings is 1. The Kier molecular flexibility index (Phi) is 4.08. The lowest BCUT2D eigenvalue weighted by Crippen LogP contribution is -2.25. The molecule has 1 aromatic carbocycles. The van der Waals surface area contributed by atoms with E-state index < -0.39 is 10.0 Å². The Morgan fingerprint density at radius 2 is 2.00 bits per heavy atom. The van der Waals surface area contributed by atoms with Crippen LogP contribution in [0.3, 0.4) is 0 Å². The maximum absolute atomic E-state index is 12.4. The molecular weight excluding hydrogens is 318 g/mol. The highest BCUT2D eigenvalue weighted by Gasteiger charge is 2.15. The third-order valence-corrected chi connectivity index (χ3v) is 6.20. The van der Waals surface area contributed by atoms with Crippen molar-refractivity contribution in [3.63, 3.8) is 0 Å². The number of furan rings is 1. The number of sulfonamides is 1. The third-order valence-electron chi connectivity index (χ3n) is 3.66. The van der Waals surface area contributed by atoms with Gasteiger partial charge in [0.05, 0.1) is 11.2 Å². The van der Waals surface area contributed by atoms with Crippen LogP contribution in [0.2, 0.25) is 0 Å². The second-order valence-corrected chi connectivity index (χ2v) is 8.02. The van der Waals surface area contributed by atoms with Gasteiger partial charge in [-0.05, 0) is 61.0 Å². The van der Waals surface area contributed by atoms with E-state index in [1.807, 2.05) is 25.3 Å². The monoisotopic (exact) mass is 335 g/mol. The molecule has 116 valence electrons. The normalized spacial score (nSPS) is 12.1. The zero-order chi connectivity index (χ0) is 15.7. The average Bonchev–Trinajstić information content (AvgIpc) is 3.06. The molecule has 0 saturated heterocycles. The van der Waals surface area contributed by atoms with Gasteiger partial charge >= 0.3 is 0 Å². The van der Waals surface area contributed by atoms with Crippen molar-refractivity contribution in [1.29, 1.82) is 0 Å². The van der Waals surface area contributed by atoms with Gasteiger partial charge in [-0.25, -0.2) is 13.1 Å². The van der Waals surface area contributed by atoms with E-state index >= 15 is 0 Å². The topological polar surface area (TPSA) is 59.3 Å². The van der Waals surface area contributed by atoms with Crippen molar-refractivity contribution in [2.24, 2.45) is 0 Å². The molecule has 0 radical (unpaired) electrons. The van der Waals surface area contributed by atoms with Crippen molar-refractivity contribution in [3.05, 3.63) is 51.9 Å². The maximum atomic E-state index is 12.4. The molecule has 0 aliphatic rings. The lowest BCUT2D eigenvalue weighted by Gasteiger charge is -2.07. The van der Waals surface area contributed by atoms with E-state index in [4.69, 9.17) is 4.42 Å². The second kappa shape index (κ2) is 5.87. The van der Waals surface area contributed by atoms with E-state index in [1.165, 1.54) is 10.4 Å². The van der Waals surface area contributed by atoms with E-state index in [0.29, 0.717) is 18.5 Å². The fourth-order valence-electron chi connectivity index (χ4n) is 2.35. The minimum Gasteiger partial charge on any atom is -0.464 e. The predicted octanol–water partition coefficient (Wildman–Crippen LogP) is 3.63. The fraction of sp³-hybridized carbons (Fsp3) is 0.250. The molecule has 0 aliphatic heterocycles. The molecule has 2 heterocycles. The van der Waals surface area contributed by atoms with Gasteiger partial charge < -0.3 is 4.42 Å². The number of aryl methyl sites for hydroxylation is 2. The van der Waals surface area contributed by atoms with E-state index in [-0.39, 0.29) is 4.90 Å². The number of nitrogens with one attached hydrogen (secondary N) is 1. The van der Waals surface area contributed by atoms with Crippen molar-refractivity contribution in [1.82, 2.24) is 4.72 Å². The molecule has 1 N–H and O–H groups in total. The molecule has 0 spiro atoms. The lowest BCUT2D eigenvalue weighted by atomic mass is 10.2. The van der Waals surface area contributed by atoms with Crippen LogP contribution in [0, 0.1) is 13.8 Å². The quantitative estimate of drug-likeness (QED) is 0.774. The van der Waals surface area contributed by atoms with Crippen molar-refractivity contribution in [2.75, 3.05) is 6.54 Å². The van der Waals surface area contributed by atoms with Crippen LogP contribution in [0.25, 0.3) is 11.0 Å². The third kappa shape index (κ3) is 2.95. The zero-order valence-corrected chi connectivity index (χ0v) is 14.1. The number of hydrogen-bond donors (Lipinski definition) is 1. The Hall–Kier alpha value is -1.63. The highest BCUT2D eigenvalue weighted by Crippen LogP contribution is 2.23. The van der Waals surface area contributed by atoms with Crippen LogP contribution in [0.15, 0.2) is 45.2 Å². The van der Waals surface area contributed by atoms with Gasteiger partial charge in [0.15, 0.2) is 0 Å². The SMILES string of the molecule is Cc1ccsc1CCNS(=O)(=O)c1ccc2occ(C)c2c1. The maximum Gasteiger partial charge on any atom is 0.240 e. The Labute approximate surface area is 133 Å². The Morgan fingerprint density at radius 1 is 1.18 bits per heavy atom. The largest absolute Gasteiger partial charge is 0.464 e. The van der Waals surface area contributed by atoms with Crippen LogP contribution >= 0.6 is 11.3 Å². The van der Waals surface area contributed by atoms with Crippen LogP contribution in [-0.4, -0.2) is 15.0 Å². The molecule has 0 fully saturated rings. The van der Waals surface area contributed by atoms with E-state index in [1.54, 1.807) is 35.8 Å². The first-order chi connectivity index (χ1) is 10.5. The van der Waals surface area contributed by atoms with Gasteiger partial charge in [-0.15, -0.1) is 11.3 Å². The summed E-state index contributed by atoms with van der Waals surface area (Å²) >= 11 is 1.65. The first-order valence-electron chi connectivity index (χ1n) is 6.98. The van der Waals surface area contributed by atoms with Crippen LogP contribution in [0.5, 0.6) is 0 Å². The zero-order valence-electron chi connectivity index (χ0n) is 12.4. The molecule has 22 heavy (non-hydrogen) atoms. The highest BCUT2D eigenvalue weighted by atomic mass is 32.2. The Balaban J connectivity index is 1.76. The van der Waals surface area contributed by atoms with Gasteiger partial charge in [0.1, 0.15) is 5.58 Å². The molecule has 0 saturated carbocycles. The molecule has 3 aromatic rings. The number of hydrogen-bond acceptors (Lipinski definition) is 4. The number of rotatable bonds is 5. The van der Waals surface area contributed by atoms with Gasteiger partial charge in [-0.3, -0.25) is 0 Å². The molecule has 0 aliphatic carbocycles. The second-order valence-electron chi connectivity index (χ2n) is 5.25. The highest BCUT2D eigenvalue weighted by molar-refractivity contribution is 7.89. The molecular formula is C16H17NO3S2. The summed E-state index contributed by atoms with van der Waals surface area (Å²) in [6.45, 7) is 4.33. The summed E-state index contributed by atoms with van der Waals surface area (Å²) in [4.78, 5) is 1.48. The predicted molar refractivity (Wildman–Crippen MR) is 88.9 cm³/mol. The van der Waals surface area contributed by atoms with Crippen molar-refractivity contribution < 1.29 is 12.8 Å². The van der Waals surface area contributed by atoms with Crippen LogP contribution in [-0.2, 0) is 16.4 Å². The molecule has 0 amide bonds. The van der Waals surface area contributed by atoms with Crippen molar-refractivity contribution in [2.45, 2.75) is 25.2 Å². The van der Waals surface area contributed by atoms with E-state index in [0.717, 1.165) is 10.9 Å². The first kappa shape index (κ1) is 15.3. The molecule has 3 rings (SSSR count). The summed E-state index contributed by atoms with van der Waals surface area (Å²) in [7, 11) is -3.50. The summed E-state index contributed by atoms with van der Waals surface area (Å²) in [6, 6.07) is 6.97. The molecule has 0 unspecified atom stereocenters. The van der Waals surface area contributed by atoms with Gasteiger partial charge in [0.25, 0.3) is 0 Å². The lowest BCUT2D eigenvalue weighted by molar-refractivity contribution is 0.582. The van der Waals surface area contributed by atoms with Gasteiger partial charge in [0.2, 0.25) is 10.0 Å². The van der Waals surface area contributed by atoms with Crippen LogP contribution in [0.1, 0.15) is 16.0 Å². The summed E-state index contributed by atoms with van der Waals surface area (Å²) < 4.78 is 32.8. The smallest absolute Gasteiger partial charge is 0.240 e. The van der Waals surface area contributed by atoms with Gasteiger partial charge in [-0.2, -0.15) is 0 Å². The van der Waals surface area contributed by atoms with Crippen LogP contribution in [0.4, 0.5) is 0 Å². The summed E-state index contributed by atoms with van der Waals surface area (Å²) in [6.07, 6.45) is 2.34.